The van der Waals surface area contributed by atoms with Crippen molar-refractivity contribution >= 4 is 6.03 Å². The number of benzene rings is 1. The average molecular weight is 276 g/mol. The highest BCUT2D eigenvalue weighted by Crippen LogP contribution is 2.22. The highest BCUT2D eigenvalue weighted by atomic mass is 16.2. The normalized spacial score (nSPS) is 11.5. The summed E-state index contributed by atoms with van der Waals surface area (Å²) >= 11 is 0. The molecule has 0 heterocycles. The lowest BCUT2D eigenvalue weighted by Gasteiger charge is -2.26. The summed E-state index contributed by atoms with van der Waals surface area (Å²) in [4.78, 5) is 11.7. The summed E-state index contributed by atoms with van der Waals surface area (Å²) in [6, 6.07) is 8.41. The zero-order valence-corrected chi connectivity index (χ0v) is 13.4. The minimum Gasteiger partial charge on any atom is -0.338 e. The average Bonchev–Trinajstić information content (AvgIpc) is 2.36. The van der Waals surface area contributed by atoms with Crippen LogP contribution in [0.15, 0.2) is 24.3 Å². The van der Waals surface area contributed by atoms with Crippen molar-refractivity contribution in [3.05, 3.63) is 35.4 Å². The molecular weight excluding hydrogens is 248 g/mol. The van der Waals surface area contributed by atoms with Gasteiger partial charge >= 0.3 is 6.03 Å². The van der Waals surface area contributed by atoms with Crippen molar-refractivity contribution in [3.63, 3.8) is 0 Å². The molecule has 2 N–H and O–H groups in total. The van der Waals surface area contributed by atoms with Crippen LogP contribution in [-0.4, -0.2) is 19.1 Å². The van der Waals surface area contributed by atoms with Gasteiger partial charge in [0.2, 0.25) is 0 Å². The van der Waals surface area contributed by atoms with Crippen LogP contribution in [-0.2, 0) is 5.41 Å². The molecule has 3 nitrogen and oxygen atoms in total. The first-order valence-electron chi connectivity index (χ1n) is 7.40. The van der Waals surface area contributed by atoms with Gasteiger partial charge in [0, 0.05) is 18.5 Å². The van der Waals surface area contributed by atoms with Gasteiger partial charge in [-0.3, -0.25) is 0 Å². The number of rotatable bonds is 6. The molecule has 1 aromatic rings. The maximum Gasteiger partial charge on any atom is 0.314 e. The number of amides is 2. The molecule has 0 radical (unpaired) electrons. The van der Waals surface area contributed by atoms with Crippen LogP contribution in [0, 0.1) is 12.8 Å². The highest BCUT2D eigenvalue weighted by Gasteiger charge is 2.21. The largest absolute Gasteiger partial charge is 0.338 e. The minimum absolute atomic E-state index is 0.0664. The quantitative estimate of drug-likeness (QED) is 0.818. The minimum atomic E-state index is -0.0779. The SMILES string of the molecule is Cc1ccc(C(C)(C)CNC(=O)NCCC(C)C)cc1. The molecule has 2 amide bonds. The van der Waals surface area contributed by atoms with E-state index in [2.05, 4.69) is 69.5 Å². The molecule has 3 heteroatoms. The van der Waals surface area contributed by atoms with Crippen LogP contribution in [0.1, 0.15) is 45.2 Å². The highest BCUT2D eigenvalue weighted by molar-refractivity contribution is 5.73. The first-order chi connectivity index (χ1) is 9.31. The Morgan fingerprint density at radius 2 is 1.75 bits per heavy atom. The van der Waals surface area contributed by atoms with Crippen LogP contribution < -0.4 is 10.6 Å². The summed E-state index contributed by atoms with van der Waals surface area (Å²) < 4.78 is 0. The Balaban J connectivity index is 2.42. The monoisotopic (exact) mass is 276 g/mol. The van der Waals surface area contributed by atoms with Crippen molar-refractivity contribution in [1.29, 1.82) is 0 Å². The molecule has 0 bridgehead atoms. The second kappa shape index (κ2) is 7.32. The molecular formula is C17H28N2O. The van der Waals surface area contributed by atoms with E-state index in [4.69, 9.17) is 0 Å². The predicted molar refractivity (Wildman–Crippen MR) is 85.1 cm³/mol. The van der Waals surface area contributed by atoms with E-state index in [0.717, 1.165) is 13.0 Å². The topological polar surface area (TPSA) is 41.1 Å². The summed E-state index contributed by atoms with van der Waals surface area (Å²) in [7, 11) is 0. The summed E-state index contributed by atoms with van der Waals surface area (Å²) in [5, 5.41) is 5.86. The molecule has 0 aromatic heterocycles. The van der Waals surface area contributed by atoms with Crippen LogP contribution in [0.2, 0.25) is 0 Å². The Hall–Kier alpha value is -1.51. The second-order valence-corrected chi connectivity index (χ2v) is 6.54. The van der Waals surface area contributed by atoms with E-state index in [1.807, 2.05) is 0 Å². The van der Waals surface area contributed by atoms with Crippen LogP contribution in [0.5, 0.6) is 0 Å². The molecule has 1 aromatic carbocycles. The maximum atomic E-state index is 11.7. The van der Waals surface area contributed by atoms with E-state index in [9.17, 15) is 4.79 Å². The lowest BCUT2D eigenvalue weighted by molar-refractivity contribution is 0.238. The van der Waals surface area contributed by atoms with E-state index in [1.165, 1.54) is 11.1 Å². The summed E-state index contributed by atoms with van der Waals surface area (Å²) in [6.45, 7) is 12.0. The number of carbonyl (C=O) groups is 1. The number of carbonyl (C=O) groups excluding carboxylic acids is 1. The summed E-state index contributed by atoms with van der Waals surface area (Å²) in [6.07, 6.45) is 1.01. The van der Waals surface area contributed by atoms with Crippen molar-refractivity contribution in [3.8, 4) is 0 Å². The van der Waals surface area contributed by atoms with E-state index in [0.29, 0.717) is 12.5 Å². The van der Waals surface area contributed by atoms with Crippen LogP contribution in [0.25, 0.3) is 0 Å². The number of aryl methyl sites for hydroxylation is 1. The number of urea groups is 1. The fraction of sp³-hybridized carbons (Fsp3) is 0.588. The number of hydrogen-bond donors (Lipinski definition) is 2. The molecule has 0 saturated heterocycles. The van der Waals surface area contributed by atoms with Crippen molar-refractivity contribution in [1.82, 2.24) is 10.6 Å². The molecule has 0 aliphatic carbocycles. The summed E-state index contributed by atoms with van der Waals surface area (Å²) in [5.41, 5.74) is 2.43. The lowest BCUT2D eigenvalue weighted by atomic mass is 9.84. The third-order valence-corrected chi connectivity index (χ3v) is 3.53. The molecule has 0 aliphatic heterocycles. The molecule has 0 fully saturated rings. The number of hydrogen-bond acceptors (Lipinski definition) is 1. The van der Waals surface area contributed by atoms with Crippen LogP contribution >= 0.6 is 0 Å². The molecule has 0 saturated carbocycles. The Kier molecular flexibility index (Phi) is 6.05. The summed E-state index contributed by atoms with van der Waals surface area (Å²) in [5.74, 6) is 0.610. The van der Waals surface area contributed by atoms with E-state index >= 15 is 0 Å². The zero-order chi connectivity index (χ0) is 15.2. The fourth-order valence-corrected chi connectivity index (χ4v) is 1.94. The first-order valence-corrected chi connectivity index (χ1v) is 7.40. The Morgan fingerprint density at radius 1 is 1.15 bits per heavy atom. The van der Waals surface area contributed by atoms with E-state index in [1.54, 1.807) is 0 Å². The zero-order valence-electron chi connectivity index (χ0n) is 13.4. The van der Waals surface area contributed by atoms with Crippen molar-refractivity contribution in [2.24, 2.45) is 5.92 Å². The third-order valence-electron chi connectivity index (χ3n) is 3.53. The maximum absolute atomic E-state index is 11.7. The van der Waals surface area contributed by atoms with E-state index < -0.39 is 0 Å². The van der Waals surface area contributed by atoms with Crippen molar-refractivity contribution in [2.45, 2.75) is 46.5 Å². The van der Waals surface area contributed by atoms with Crippen LogP contribution in [0.4, 0.5) is 4.79 Å². The van der Waals surface area contributed by atoms with Gasteiger partial charge in [-0.25, -0.2) is 4.79 Å². The fourth-order valence-electron chi connectivity index (χ4n) is 1.94. The van der Waals surface area contributed by atoms with Crippen molar-refractivity contribution < 1.29 is 4.79 Å². The first kappa shape index (κ1) is 16.5. The van der Waals surface area contributed by atoms with Crippen molar-refractivity contribution in [2.75, 3.05) is 13.1 Å². The Morgan fingerprint density at radius 3 is 2.30 bits per heavy atom. The van der Waals surface area contributed by atoms with Gasteiger partial charge in [-0.2, -0.15) is 0 Å². The van der Waals surface area contributed by atoms with Gasteiger partial charge in [-0.1, -0.05) is 57.5 Å². The lowest BCUT2D eigenvalue weighted by Crippen LogP contribution is -2.42. The number of nitrogens with one attached hydrogen (secondary N) is 2. The second-order valence-electron chi connectivity index (χ2n) is 6.54. The van der Waals surface area contributed by atoms with Gasteiger partial charge < -0.3 is 10.6 Å². The molecule has 0 aliphatic rings. The molecule has 20 heavy (non-hydrogen) atoms. The van der Waals surface area contributed by atoms with Gasteiger partial charge in [0.25, 0.3) is 0 Å². The Bertz CT molecular complexity index is 421. The van der Waals surface area contributed by atoms with Gasteiger partial charge in [0.05, 0.1) is 0 Å². The van der Waals surface area contributed by atoms with Gasteiger partial charge in [0.1, 0.15) is 0 Å². The molecule has 0 unspecified atom stereocenters. The molecule has 0 atom stereocenters. The standard InChI is InChI=1S/C17H28N2O/c1-13(2)10-11-18-16(20)19-12-17(4,5)15-8-6-14(3)7-9-15/h6-9,13H,10-12H2,1-5H3,(H2,18,19,20). The smallest absolute Gasteiger partial charge is 0.314 e. The third kappa shape index (κ3) is 5.64. The van der Waals surface area contributed by atoms with Crippen LogP contribution in [0.3, 0.4) is 0 Å². The molecule has 112 valence electrons. The molecule has 0 spiro atoms. The van der Waals surface area contributed by atoms with E-state index in [-0.39, 0.29) is 11.4 Å². The Labute approximate surface area is 123 Å². The molecule has 1 rings (SSSR count). The predicted octanol–water partition coefficient (Wildman–Crippen LogP) is 3.62. The van der Waals surface area contributed by atoms with Gasteiger partial charge in [-0.15, -0.1) is 0 Å². The van der Waals surface area contributed by atoms with Gasteiger partial charge in [0.15, 0.2) is 0 Å². The van der Waals surface area contributed by atoms with Gasteiger partial charge in [-0.05, 0) is 24.8 Å².